The van der Waals surface area contributed by atoms with Crippen molar-refractivity contribution in [3.8, 4) is 0 Å². The molecule has 2 N–H and O–H groups in total. The molecule has 3 aliphatic rings. The van der Waals surface area contributed by atoms with Crippen molar-refractivity contribution < 1.29 is 4.74 Å². The maximum absolute atomic E-state index is 5.45. The molecular weight excluding hydrogens is 140 g/mol. The van der Waals surface area contributed by atoms with Gasteiger partial charge >= 0.3 is 0 Å². The van der Waals surface area contributed by atoms with Gasteiger partial charge in [-0.2, -0.15) is 0 Å². The molecule has 3 rings (SSSR count). The third-order valence-corrected chi connectivity index (χ3v) is 2.72. The summed E-state index contributed by atoms with van der Waals surface area (Å²) >= 11 is 0. The van der Waals surface area contributed by atoms with E-state index < -0.39 is 0 Å². The number of rotatable bonds is 3. The van der Waals surface area contributed by atoms with Crippen LogP contribution in [-0.4, -0.2) is 43.3 Å². The van der Waals surface area contributed by atoms with Gasteiger partial charge in [-0.1, -0.05) is 0 Å². The summed E-state index contributed by atoms with van der Waals surface area (Å²) in [5.74, 6) is 0. The molecule has 0 spiro atoms. The predicted octanol–water partition coefficient (Wildman–Crippen LogP) is -0.192. The maximum Gasteiger partial charge on any atom is 0.0623 e. The lowest BCUT2D eigenvalue weighted by Gasteiger charge is -2.52. The van der Waals surface area contributed by atoms with Crippen LogP contribution >= 0.6 is 0 Å². The number of morpholine rings is 1. The van der Waals surface area contributed by atoms with Gasteiger partial charge in [-0.05, 0) is 19.4 Å². The lowest BCUT2D eigenvalue weighted by Crippen LogP contribution is -2.63. The molecule has 3 fully saturated rings. The molecule has 3 aliphatic heterocycles. The Morgan fingerprint density at radius 2 is 2.09 bits per heavy atom. The zero-order chi connectivity index (χ0) is 7.68. The molecule has 0 amide bonds. The second-order valence-corrected chi connectivity index (χ2v) is 3.46. The molecule has 2 atom stereocenters. The molecule has 0 aromatic heterocycles. The summed E-state index contributed by atoms with van der Waals surface area (Å²) < 4.78 is 5.37. The Balaban J connectivity index is 1.77. The van der Waals surface area contributed by atoms with E-state index >= 15 is 0 Å². The summed E-state index contributed by atoms with van der Waals surface area (Å²) in [4.78, 5) is 2.54. The quantitative estimate of drug-likeness (QED) is 0.615. The molecule has 2 bridgehead atoms. The molecule has 0 aromatic carbocycles. The minimum absolute atomic E-state index is 0.722. The average molecular weight is 156 g/mol. The number of hydrogen-bond donors (Lipinski definition) is 1. The molecule has 11 heavy (non-hydrogen) atoms. The largest absolute Gasteiger partial charge is 0.378 e. The van der Waals surface area contributed by atoms with Crippen molar-refractivity contribution in [2.75, 3.05) is 26.3 Å². The molecule has 3 saturated heterocycles. The standard InChI is InChI=1S/C8H16N2O/c9-2-1-3-10-7-4-8(10)6-11-5-7/h7-8H,1-6,9H2/t7-,8-/m1/s1. The van der Waals surface area contributed by atoms with Gasteiger partial charge in [0.2, 0.25) is 0 Å². The first-order chi connectivity index (χ1) is 5.42. The summed E-state index contributed by atoms with van der Waals surface area (Å²) in [6.07, 6.45) is 2.48. The number of fused-ring (bicyclic) bond motifs is 2. The van der Waals surface area contributed by atoms with E-state index in [-0.39, 0.29) is 0 Å². The average Bonchev–Trinajstić information content (AvgIpc) is 2.06. The summed E-state index contributed by atoms with van der Waals surface area (Å²) in [7, 11) is 0. The first-order valence-corrected chi connectivity index (χ1v) is 4.45. The van der Waals surface area contributed by atoms with Gasteiger partial charge in [0.25, 0.3) is 0 Å². The van der Waals surface area contributed by atoms with Crippen LogP contribution in [0.2, 0.25) is 0 Å². The van der Waals surface area contributed by atoms with Crippen LogP contribution in [0, 0.1) is 0 Å². The molecule has 3 heterocycles. The Bertz CT molecular complexity index is 126. The van der Waals surface area contributed by atoms with Crippen molar-refractivity contribution in [3.63, 3.8) is 0 Å². The Morgan fingerprint density at radius 3 is 2.64 bits per heavy atom. The third-order valence-electron chi connectivity index (χ3n) is 2.72. The highest BCUT2D eigenvalue weighted by Gasteiger charge is 2.41. The summed E-state index contributed by atoms with van der Waals surface area (Å²) in [5, 5.41) is 0. The Labute approximate surface area is 67.5 Å². The highest BCUT2D eigenvalue weighted by Crippen LogP contribution is 2.30. The Morgan fingerprint density at radius 1 is 1.36 bits per heavy atom. The first-order valence-electron chi connectivity index (χ1n) is 4.45. The van der Waals surface area contributed by atoms with E-state index in [2.05, 4.69) is 4.90 Å². The highest BCUT2D eigenvalue weighted by molar-refractivity contribution is 4.95. The fourth-order valence-electron chi connectivity index (χ4n) is 2.05. The molecule has 0 unspecified atom stereocenters. The third kappa shape index (κ3) is 1.28. The van der Waals surface area contributed by atoms with Gasteiger partial charge in [0.1, 0.15) is 0 Å². The zero-order valence-electron chi connectivity index (χ0n) is 6.83. The fraction of sp³-hybridized carbons (Fsp3) is 1.00. The SMILES string of the molecule is NCCCN1[C@H]2COC[C@H]1C2. The van der Waals surface area contributed by atoms with Crippen LogP contribution in [0.1, 0.15) is 12.8 Å². The monoisotopic (exact) mass is 156 g/mol. The van der Waals surface area contributed by atoms with E-state index in [0.717, 1.165) is 38.3 Å². The molecule has 0 aliphatic carbocycles. The maximum atomic E-state index is 5.45. The van der Waals surface area contributed by atoms with Gasteiger partial charge in [-0.3, -0.25) is 4.90 Å². The minimum Gasteiger partial charge on any atom is -0.378 e. The molecule has 3 nitrogen and oxygen atoms in total. The van der Waals surface area contributed by atoms with Crippen molar-refractivity contribution in [2.45, 2.75) is 24.9 Å². The molecule has 64 valence electrons. The van der Waals surface area contributed by atoms with Crippen LogP contribution in [0.15, 0.2) is 0 Å². The van der Waals surface area contributed by atoms with Crippen molar-refractivity contribution in [1.29, 1.82) is 0 Å². The van der Waals surface area contributed by atoms with Crippen LogP contribution < -0.4 is 5.73 Å². The number of nitrogens with two attached hydrogens (primary N) is 1. The topological polar surface area (TPSA) is 38.5 Å². The predicted molar refractivity (Wildman–Crippen MR) is 43.4 cm³/mol. The van der Waals surface area contributed by atoms with Gasteiger partial charge in [-0.25, -0.2) is 0 Å². The van der Waals surface area contributed by atoms with Gasteiger partial charge < -0.3 is 10.5 Å². The van der Waals surface area contributed by atoms with Gasteiger partial charge in [-0.15, -0.1) is 0 Å². The first kappa shape index (κ1) is 7.53. The van der Waals surface area contributed by atoms with E-state index in [1.165, 1.54) is 13.0 Å². The van der Waals surface area contributed by atoms with Crippen molar-refractivity contribution in [1.82, 2.24) is 4.90 Å². The molecule has 0 radical (unpaired) electrons. The summed E-state index contributed by atoms with van der Waals surface area (Å²) in [6, 6.07) is 1.44. The van der Waals surface area contributed by atoms with E-state index in [0.29, 0.717) is 0 Å². The van der Waals surface area contributed by atoms with Crippen LogP contribution in [0.3, 0.4) is 0 Å². The van der Waals surface area contributed by atoms with E-state index in [4.69, 9.17) is 10.5 Å². The van der Waals surface area contributed by atoms with Crippen LogP contribution in [-0.2, 0) is 4.74 Å². The van der Waals surface area contributed by atoms with Gasteiger partial charge in [0.05, 0.1) is 13.2 Å². The minimum atomic E-state index is 0.722. The normalized spacial score (nSPS) is 36.8. The molecule has 0 aromatic rings. The molecule has 0 saturated carbocycles. The zero-order valence-corrected chi connectivity index (χ0v) is 6.83. The van der Waals surface area contributed by atoms with Crippen LogP contribution in [0.4, 0.5) is 0 Å². The van der Waals surface area contributed by atoms with Gasteiger partial charge in [0, 0.05) is 18.6 Å². The van der Waals surface area contributed by atoms with Crippen molar-refractivity contribution in [2.24, 2.45) is 5.73 Å². The van der Waals surface area contributed by atoms with E-state index in [9.17, 15) is 0 Å². The van der Waals surface area contributed by atoms with Crippen LogP contribution in [0.25, 0.3) is 0 Å². The number of ether oxygens (including phenoxy) is 1. The summed E-state index contributed by atoms with van der Waals surface area (Å²) in [6.45, 7) is 3.88. The van der Waals surface area contributed by atoms with Crippen molar-refractivity contribution in [3.05, 3.63) is 0 Å². The number of hydrogen-bond acceptors (Lipinski definition) is 3. The lowest BCUT2D eigenvalue weighted by atomic mass is 9.91. The lowest BCUT2D eigenvalue weighted by molar-refractivity contribution is -0.126. The highest BCUT2D eigenvalue weighted by atomic mass is 16.5. The Kier molecular flexibility index (Phi) is 2.11. The van der Waals surface area contributed by atoms with E-state index in [1.54, 1.807) is 0 Å². The van der Waals surface area contributed by atoms with Gasteiger partial charge in [0.15, 0.2) is 0 Å². The summed E-state index contributed by atoms with van der Waals surface area (Å²) in [5.41, 5.74) is 5.45. The fourth-order valence-corrected chi connectivity index (χ4v) is 2.05. The van der Waals surface area contributed by atoms with E-state index in [1.807, 2.05) is 0 Å². The van der Waals surface area contributed by atoms with Crippen molar-refractivity contribution >= 4 is 0 Å². The number of nitrogens with zero attached hydrogens (tertiary/aromatic N) is 1. The van der Waals surface area contributed by atoms with Crippen LogP contribution in [0.5, 0.6) is 0 Å². The molecular formula is C8H16N2O. The second kappa shape index (κ2) is 3.09. The molecule has 3 heteroatoms. The smallest absolute Gasteiger partial charge is 0.0623 e. The Hall–Kier alpha value is -0.120. The second-order valence-electron chi connectivity index (χ2n) is 3.46.